The van der Waals surface area contributed by atoms with Gasteiger partial charge in [-0.3, -0.25) is 4.79 Å². The van der Waals surface area contributed by atoms with E-state index in [-0.39, 0.29) is 0 Å². The van der Waals surface area contributed by atoms with Crippen LogP contribution in [0.1, 0.15) is 15.2 Å². The van der Waals surface area contributed by atoms with Crippen molar-refractivity contribution in [3.63, 3.8) is 0 Å². The molecule has 0 radical (unpaired) electrons. The van der Waals surface area contributed by atoms with Gasteiger partial charge in [0.15, 0.2) is 6.29 Å². The number of benzene rings is 1. The summed E-state index contributed by atoms with van der Waals surface area (Å²) < 4.78 is 3.83. The topological polar surface area (TPSA) is 42.9 Å². The van der Waals surface area contributed by atoms with Gasteiger partial charge in [0.05, 0.1) is 9.90 Å². The molecule has 0 bridgehead atoms. The van der Waals surface area contributed by atoms with E-state index < -0.39 is 0 Å². The minimum Gasteiger partial charge on any atom is -0.298 e. The van der Waals surface area contributed by atoms with E-state index in [1.165, 1.54) is 11.5 Å². The summed E-state index contributed by atoms with van der Waals surface area (Å²) in [7, 11) is 0. The van der Waals surface area contributed by atoms with E-state index in [0.717, 1.165) is 11.2 Å². The van der Waals surface area contributed by atoms with Crippen LogP contribution >= 0.6 is 23.1 Å². The summed E-state index contributed by atoms with van der Waals surface area (Å²) in [6.07, 6.45) is 0.778. The highest BCUT2D eigenvalue weighted by atomic mass is 35.5. The molecule has 0 amide bonds. The molecule has 0 saturated heterocycles. The first-order valence-corrected chi connectivity index (χ1v) is 5.42. The predicted molar refractivity (Wildman–Crippen MR) is 60.5 cm³/mol. The van der Waals surface area contributed by atoms with Crippen molar-refractivity contribution in [2.75, 3.05) is 0 Å². The lowest BCUT2D eigenvalue weighted by Gasteiger charge is -2.04. The summed E-state index contributed by atoms with van der Waals surface area (Å²) in [5.74, 6) is 0. The Morgan fingerprint density at radius 3 is 2.87 bits per heavy atom. The third-order valence-corrected chi connectivity index (χ3v) is 3.01. The van der Waals surface area contributed by atoms with Crippen LogP contribution in [0, 0.1) is 6.92 Å². The first-order chi connectivity index (χ1) is 7.24. The van der Waals surface area contributed by atoms with Crippen molar-refractivity contribution in [1.82, 2.24) is 9.59 Å². The minimum absolute atomic E-state index is 0.524. The monoisotopic (exact) mass is 238 g/mol. The second-order valence-corrected chi connectivity index (χ2v) is 4.37. The highest BCUT2D eigenvalue weighted by Crippen LogP contribution is 2.32. The van der Waals surface area contributed by atoms with E-state index in [0.29, 0.717) is 21.8 Å². The van der Waals surface area contributed by atoms with Gasteiger partial charge < -0.3 is 0 Å². The lowest BCUT2D eigenvalue weighted by atomic mass is 10.1. The van der Waals surface area contributed by atoms with E-state index in [4.69, 9.17) is 11.6 Å². The quantitative estimate of drug-likeness (QED) is 0.756. The van der Waals surface area contributed by atoms with Crippen LogP contribution in [0.25, 0.3) is 11.3 Å². The smallest absolute Gasteiger partial charge is 0.150 e. The molecule has 2 aromatic rings. The van der Waals surface area contributed by atoms with E-state index in [1.807, 2.05) is 6.92 Å². The van der Waals surface area contributed by atoms with Crippen molar-refractivity contribution in [2.45, 2.75) is 6.92 Å². The fourth-order valence-corrected chi connectivity index (χ4v) is 2.10. The van der Waals surface area contributed by atoms with E-state index in [2.05, 4.69) is 9.59 Å². The Kier molecular flexibility index (Phi) is 2.79. The fourth-order valence-electron chi connectivity index (χ4n) is 1.35. The van der Waals surface area contributed by atoms with Crippen molar-refractivity contribution >= 4 is 29.4 Å². The number of hydrogen-bond acceptors (Lipinski definition) is 4. The van der Waals surface area contributed by atoms with Crippen LogP contribution in [0.2, 0.25) is 5.02 Å². The van der Waals surface area contributed by atoms with Crippen molar-refractivity contribution in [3.8, 4) is 11.3 Å². The minimum atomic E-state index is 0.524. The van der Waals surface area contributed by atoms with Gasteiger partial charge in [-0.05, 0) is 24.5 Å². The number of halogens is 1. The van der Waals surface area contributed by atoms with E-state index in [1.54, 1.807) is 18.2 Å². The molecule has 76 valence electrons. The molecule has 0 N–H and O–H groups in total. The second kappa shape index (κ2) is 4.08. The van der Waals surface area contributed by atoms with Gasteiger partial charge >= 0.3 is 0 Å². The first kappa shape index (κ1) is 10.3. The van der Waals surface area contributed by atoms with Gasteiger partial charge in [0.2, 0.25) is 0 Å². The maximum absolute atomic E-state index is 10.9. The van der Waals surface area contributed by atoms with Gasteiger partial charge in [-0.1, -0.05) is 28.2 Å². The molecule has 0 atom stereocenters. The summed E-state index contributed by atoms with van der Waals surface area (Å²) in [5.41, 5.74) is 1.89. The SMILES string of the molecule is Cc1snnc1-c1c(Cl)cccc1C=O. The summed E-state index contributed by atoms with van der Waals surface area (Å²) in [4.78, 5) is 11.8. The first-order valence-electron chi connectivity index (χ1n) is 4.27. The molecular weight excluding hydrogens is 232 g/mol. The van der Waals surface area contributed by atoms with Gasteiger partial charge in [-0.15, -0.1) is 5.10 Å². The zero-order chi connectivity index (χ0) is 10.8. The average Bonchev–Trinajstić information content (AvgIpc) is 2.64. The number of rotatable bonds is 2. The number of carbonyl (C=O) groups excluding carboxylic acids is 1. The van der Waals surface area contributed by atoms with Gasteiger partial charge in [-0.25, -0.2) is 0 Å². The molecule has 3 nitrogen and oxygen atoms in total. The standard InChI is InChI=1S/C10H7ClN2OS/c1-6-10(12-13-15-6)9-7(5-14)3-2-4-8(9)11/h2-5H,1H3. The number of nitrogens with zero attached hydrogens (tertiary/aromatic N) is 2. The molecule has 0 saturated carbocycles. The van der Waals surface area contributed by atoms with Crippen LogP contribution in [-0.2, 0) is 0 Å². The number of aldehydes is 1. The lowest BCUT2D eigenvalue weighted by molar-refractivity contribution is 0.112. The Morgan fingerprint density at radius 1 is 1.47 bits per heavy atom. The van der Waals surface area contributed by atoms with Crippen LogP contribution in [0.15, 0.2) is 18.2 Å². The molecule has 0 spiro atoms. The van der Waals surface area contributed by atoms with Crippen LogP contribution in [-0.4, -0.2) is 15.9 Å². The molecule has 5 heteroatoms. The largest absolute Gasteiger partial charge is 0.298 e. The van der Waals surface area contributed by atoms with Crippen molar-refractivity contribution in [2.24, 2.45) is 0 Å². The van der Waals surface area contributed by atoms with Crippen molar-refractivity contribution in [3.05, 3.63) is 33.7 Å². The predicted octanol–water partition coefficient (Wildman–Crippen LogP) is 2.98. The molecule has 1 heterocycles. The van der Waals surface area contributed by atoms with Crippen molar-refractivity contribution in [1.29, 1.82) is 0 Å². The lowest BCUT2D eigenvalue weighted by Crippen LogP contribution is -1.90. The molecule has 0 aliphatic carbocycles. The maximum atomic E-state index is 10.9. The van der Waals surface area contributed by atoms with Crippen LogP contribution in [0.4, 0.5) is 0 Å². The molecule has 0 aliphatic rings. The molecule has 0 aliphatic heterocycles. The second-order valence-electron chi connectivity index (χ2n) is 3.00. The Bertz CT molecular complexity index is 510. The third kappa shape index (κ3) is 1.78. The summed E-state index contributed by atoms with van der Waals surface area (Å²) in [6, 6.07) is 5.19. The fraction of sp³-hybridized carbons (Fsp3) is 0.100. The number of hydrogen-bond donors (Lipinski definition) is 0. The van der Waals surface area contributed by atoms with Crippen LogP contribution in [0.5, 0.6) is 0 Å². The summed E-state index contributed by atoms with van der Waals surface area (Å²) >= 11 is 7.34. The zero-order valence-corrected chi connectivity index (χ0v) is 9.47. The van der Waals surface area contributed by atoms with E-state index >= 15 is 0 Å². The molecule has 15 heavy (non-hydrogen) atoms. The maximum Gasteiger partial charge on any atom is 0.150 e. The summed E-state index contributed by atoms with van der Waals surface area (Å²) in [5, 5.41) is 4.50. The van der Waals surface area contributed by atoms with Gasteiger partial charge in [-0.2, -0.15) is 0 Å². The van der Waals surface area contributed by atoms with Crippen LogP contribution in [0.3, 0.4) is 0 Å². The molecule has 1 aromatic carbocycles. The highest BCUT2D eigenvalue weighted by Gasteiger charge is 2.14. The van der Waals surface area contributed by atoms with Gasteiger partial charge in [0, 0.05) is 11.1 Å². The zero-order valence-electron chi connectivity index (χ0n) is 7.90. The highest BCUT2D eigenvalue weighted by molar-refractivity contribution is 7.05. The Balaban J connectivity index is 2.71. The van der Waals surface area contributed by atoms with Gasteiger partial charge in [0.25, 0.3) is 0 Å². The number of carbonyl (C=O) groups is 1. The Hall–Kier alpha value is -1.26. The number of aromatic nitrogens is 2. The average molecular weight is 239 g/mol. The number of aryl methyl sites for hydroxylation is 1. The molecular formula is C10H7ClN2OS. The normalized spacial score (nSPS) is 10.3. The molecule has 1 aromatic heterocycles. The van der Waals surface area contributed by atoms with Gasteiger partial charge in [0.1, 0.15) is 5.69 Å². The van der Waals surface area contributed by atoms with Crippen LogP contribution < -0.4 is 0 Å². The summed E-state index contributed by atoms with van der Waals surface area (Å²) in [6.45, 7) is 1.90. The Morgan fingerprint density at radius 2 is 2.27 bits per heavy atom. The molecule has 2 rings (SSSR count). The molecule has 0 fully saturated rings. The van der Waals surface area contributed by atoms with Crippen molar-refractivity contribution < 1.29 is 4.79 Å². The molecule has 0 unspecified atom stereocenters. The van der Waals surface area contributed by atoms with E-state index in [9.17, 15) is 4.79 Å². The third-order valence-electron chi connectivity index (χ3n) is 2.06. The Labute approximate surface area is 95.9 Å².